The van der Waals surface area contributed by atoms with E-state index >= 15 is 0 Å². The van der Waals surface area contributed by atoms with Crippen molar-refractivity contribution in [1.29, 1.82) is 0 Å². The molecule has 0 unspecified atom stereocenters. The largest absolute Gasteiger partial charge is 0.454 e. The summed E-state index contributed by atoms with van der Waals surface area (Å²) in [4.78, 5) is 14.5. The van der Waals surface area contributed by atoms with Crippen LogP contribution in [0.1, 0.15) is 36.0 Å². The predicted octanol–water partition coefficient (Wildman–Crippen LogP) is 2.29. The Labute approximate surface area is 163 Å². The van der Waals surface area contributed by atoms with E-state index in [0.29, 0.717) is 18.0 Å². The third kappa shape index (κ3) is 2.67. The third-order valence-corrected chi connectivity index (χ3v) is 6.99. The van der Waals surface area contributed by atoms with Gasteiger partial charge in [-0.15, -0.1) is 0 Å². The lowest BCUT2D eigenvalue weighted by molar-refractivity contribution is -0.119. The van der Waals surface area contributed by atoms with Gasteiger partial charge in [-0.25, -0.2) is 13.1 Å². The number of aryl methyl sites for hydroxylation is 1. The van der Waals surface area contributed by atoms with Crippen LogP contribution in [-0.4, -0.2) is 27.7 Å². The summed E-state index contributed by atoms with van der Waals surface area (Å²) in [5.41, 5.74) is 3.44. The Hall–Kier alpha value is -2.58. The molecule has 0 saturated heterocycles. The second kappa shape index (κ2) is 6.22. The van der Waals surface area contributed by atoms with E-state index in [-0.39, 0.29) is 30.1 Å². The Morgan fingerprint density at radius 2 is 2.00 bits per heavy atom. The number of hydrogen-bond donors (Lipinski definition) is 1. The van der Waals surface area contributed by atoms with Gasteiger partial charge in [0.1, 0.15) is 0 Å². The van der Waals surface area contributed by atoms with Crippen molar-refractivity contribution in [2.45, 2.75) is 37.1 Å². The number of sulfonamides is 1. The van der Waals surface area contributed by atoms with E-state index in [1.165, 1.54) is 0 Å². The number of carbonyl (C=O) groups excluding carboxylic acids is 1. The Balaban J connectivity index is 1.43. The van der Waals surface area contributed by atoms with E-state index < -0.39 is 10.0 Å². The Morgan fingerprint density at radius 3 is 2.86 bits per heavy atom. The molecule has 0 aromatic heterocycles. The minimum Gasteiger partial charge on any atom is -0.454 e. The molecule has 0 fully saturated rings. The van der Waals surface area contributed by atoms with Crippen molar-refractivity contribution < 1.29 is 22.7 Å². The number of anilines is 1. The lowest BCUT2D eigenvalue weighted by atomic mass is 9.97. The van der Waals surface area contributed by atoms with Crippen LogP contribution in [0.5, 0.6) is 11.5 Å². The standard InChI is InChI=1S/C20H20N2O5S/c1-12-16-9-15(8-14-3-2-6-22(19(14)16)20(12)23)28(24,25)21-10-13-4-5-17-18(7-13)27-11-26-17/h4-5,7-9,12,21H,2-3,6,10-11H2,1H3/t12-/m0/s1. The molecule has 146 valence electrons. The minimum atomic E-state index is -3.71. The summed E-state index contributed by atoms with van der Waals surface area (Å²) in [6.45, 7) is 2.87. The Bertz CT molecular complexity index is 1100. The monoisotopic (exact) mass is 400 g/mol. The van der Waals surface area contributed by atoms with Crippen molar-refractivity contribution in [3.05, 3.63) is 47.0 Å². The number of amides is 1. The van der Waals surface area contributed by atoms with Crippen LogP contribution in [0.3, 0.4) is 0 Å². The maximum absolute atomic E-state index is 12.9. The quantitative estimate of drug-likeness (QED) is 0.851. The van der Waals surface area contributed by atoms with Gasteiger partial charge < -0.3 is 14.4 Å². The van der Waals surface area contributed by atoms with E-state index in [0.717, 1.165) is 35.2 Å². The number of fused-ring (bicyclic) bond motifs is 1. The smallest absolute Gasteiger partial charge is 0.240 e. The summed E-state index contributed by atoms with van der Waals surface area (Å²) in [5, 5.41) is 0. The van der Waals surface area contributed by atoms with Gasteiger partial charge in [0, 0.05) is 13.1 Å². The van der Waals surface area contributed by atoms with Gasteiger partial charge in [0.15, 0.2) is 11.5 Å². The van der Waals surface area contributed by atoms with E-state index in [2.05, 4.69) is 4.72 Å². The molecule has 3 aliphatic heterocycles. The fraction of sp³-hybridized carbons (Fsp3) is 0.350. The Kier molecular flexibility index (Phi) is 3.89. The molecule has 0 aliphatic carbocycles. The highest BCUT2D eigenvalue weighted by Gasteiger charge is 2.38. The number of benzene rings is 2. The second-order valence-electron chi connectivity index (χ2n) is 7.35. The van der Waals surface area contributed by atoms with Crippen LogP contribution in [-0.2, 0) is 27.8 Å². The molecule has 5 rings (SSSR count). The van der Waals surface area contributed by atoms with E-state index in [9.17, 15) is 13.2 Å². The predicted molar refractivity (Wildman–Crippen MR) is 102 cm³/mol. The van der Waals surface area contributed by atoms with Gasteiger partial charge in [0.05, 0.1) is 16.5 Å². The average molecular weight is 400 g/mol. The van der Waals surface area contributed by atoms with Crippen LogP contribution in [0, 0.1) is 0 Å². The van der Waals surface area contributed by atoms with Crippen molar-refractivity contribution in [1.82, 2.24) is 4.72 Å². The van der Waals surface area contributed by atoms with Crippen molar-refractivity contribution in [2.24, 2.45) is 0 Å². The zero-order valence-electron chi connectivity index (χ0n) is 15.4. The van der Waals surface area contributed by atoms with Crippen molar-refractivity contribution in [2.75, 3.05) is 18.2 Å². The third-order valence-electron chi connectivity index (χ3n) is 5.61. The normalized spacial score (nSPS) is 19.8. The number of carbonyl (C=O) groups is 1. The topological polar surface area (TPSA) is 84.9 Å². The number of ether oxygens (including phenoxy) is 2. The molecule has 3 aliphatic rings. The molecule has 1 amide bonds. The zero-order valence-corrected chi connectivity index (χ0v) is 16.2. The minimum absolute atomic E-state index is 0.0545. The van der Waals surface area contributed by atoms with Crippen molar-refractivity contribution in [3.63, 3.8) is 0 Å². The SMILES string of the molecule is C[C@@H]1C(=O)N2CCCc3cc(S(=O)(=O)NCc4ccc5c(c4)OCO5)cc1c32. The molecule has 8 heteroatoms. The van der Waals surface area contributed by atoms with E-state index in [1.54, 1.807) is 35.2 Å². The molecule has 1 N–H and O–H groups in total. The van der Waals surface area contributed by atoms with Crippen LogP contribution in [0.2, 0.25) is 0 Å². The van der Waals surface area contributed by atoms with E-state index in [1.807, 2.05) is 6.92 Å². The first-order chi connectivity index (χ1) is 13.4. The average Bonchev–Trinajstić information content (AvgIpc) is 3.26. The summed E-state index contributed by atoms with van der Waals surface area (Å²) in [6, 6.07) is 8.71. The van der Waals surface area contributed by atoms with Crippen LogP contribution in [0.4, 0.5) is 5.69 Å². The van der Waals surface area contributed by atoms with Gasteiger partial charge >= 0.3 is 0 Å². The van der Waals surface area contributed by atoms with E-state index in [4.69, 9.17) is 9.47 Å². The zero-order chi connectivity index (χ0) is 19.5. The highest BCUT2D eigenvalue weighted by atomic mass is 32.2. The summed E-state index contributed by atoms with van der Waals surface area (Å²) in [5.74, 6) is 1.02. The Morgan fingerprint density at radius 1 is 1.18 bits per heavy atom. The molecule has 0 radical (unpaired) electrons. The molecular weight excluding hydrogens is 380 g/mol. The van der Waals surface area contributed by atoms with Gasteiger partial charge in [0.25, 0.3) is 0 Å². The van der Waals surface area contributed by atoms with Crippen molar-refractivity contribution in [3.8, 4) is 11.5 Å². The first-order valence-electron chi connectivity index (χ1n) is 9.30. The molecular formula is C20H20N2O5S. The van der Waals surface area contributed by atoms with Gasteiger partial charge in [-0.3, -0.25) is 4.79 Å². The molecule has 0 saturated carbocycles. The fourth-order valence-electron chi connectivity index (χ4n) is 4.13. The van der Waals surface area contributed by atoms with Gasteiger partial charge in [-0.2, -0.15) is 0 Å². The van der Waals surface area contributed by atoms with Crippen LogP contribution < -0.4 is 19.1 Å². The van der Waals surface area contributed by atoms with Crippen LogP contribution in [0.15, 0.2) is 35.2 Å². The maximum Gasteiger partial charge on any atom is 0.240 e. The molecule has 0 bridgehead atoms. The first kappa shape index (κ1) is 17.5. The molecule has 28 heavy (non-hydrogen) atoms. The molecule has 1 atom stereocenters. The van der Waals surface area contributed by atoms with Gasteiger partial charge in [-0.05, 0) is 60.7 Å². The summed E-state index contributed by atoms with van der Waals surface area (Å²) in [7, 11) is -3.71. The van der Waals surface area contributed by atoms with Crippen LogP contribution in [0.25, 0.3) is 0 Å². The van der Waals surface area contributed by atoms with Gasteiger partial charge in [0.2, 0.25) is 22.7 Å². The highest BCUT2D eigenvalue weighted by molar-refractivity contribution is 7.89. The summed E-state index contributed by atoms with van der Waals surface area (Å²) in [6.07, 6.45) is 1.63. The second-order valence-corrected chi connectivity index (χ2v) is 9.11. The lowest BCUT2D eigenvalue weighted by Crippen LogP contribution is -2.32. The fourth-order valence-corrected chi connectivity index (χ4v) is 5.24. The highest BCUT2D eigenvalue weighted by Crippen LogP contribution is 2.43. The maximum atomic E-state index is 12.9. The molecule has 7 nitrogen and oxygen atoms in total. The molecule has 2 aromatic carbocycles. The first-order valence-corrected chi connectivity index (χ1v) is 10.8. The van der Waals surface area contributed by atoms with Gasteiger partial charge in [-0.1, -0.05) is 6.07 Å². The number of nitrogens with one attached hydrogen (secondary N) is 1. The molecule has 0 spiro atoms. The number of nitrogens with zero attached hydrogens (tertiary/aromatic N) is 1. The number of rotatable bonds is 4. The van der Waals surface area contributed by atoms with Crippen molar-refractivity contribution >= 4 is 21.6 Å². The summed E-state index contributed by atoms with van der Waals surface area (Å²) >= 11 is 0. The lowest BCUT2D eigenvalue weighted by Gasteiger charge is -2.26. The molecule has 2 aromatic rings. The summed E-state index contributed by atoms with van der Waals surface area (Å²) < 4.78 is 39.1. The molecule has 3 heterocycles. The van der Waals surface area contributed by atoms with Crippen LogP contribution >= 0.6 is 0 Å². The number of hydrogen-bond acceptors (Lipinski definition) is 5.